The summed E-state index contributed by atoms with van der Waals surface area (Å²) < 4.78 is 2.28. The minimum atomic E-state index is -1.86. The number of aryl methyl sites for hydroxylation is 1. The molecule has 0 N–H and O–H groups in total. The van der Waals surface area contributed by atoms with Gasteiger partial charge in [-0.3, -0.25) is 4.57 Å². The number of imidazole rings is 1. The van der Waals surface area contributed by atoms with Crippen molar-refractivity contribution in [3.05, 3.63) is 242 Å². The van der Waals surface area contributed by atoms with E-state index in [4.69, 9.17) is 4.98 Å². The molecule has 0 saturated heterocycles. The molecule has 0 saturated carbocycles. The molecule has 0 atom stereocenters. The molecule has 0 unspecified atom stereocenters. The van der Waals surface area contributed by atoms with Crippen LogP contribution in [-0.2, 0) is 6.42 Å². The second-order valence-electron chi connectivity index (χ2n) is 15.8. The molecule has 0 aliphatic carbocycles. The summed E-state index contributed by atoms with van der Waals surface area (Å²) in [6.45, 7) is 2.17. The molecule has 0 aliphatic heterocycles. The third kappa shape index (κ3) is 6.24. The van der Waals surface area contributed by atoms with E-state index in [1.165, 1.54) is 74.5 Å². The summed E-state index contributed by atoms with van der Waals surface area (Å²) in [6, 6.07) is 87.1. The standard InChI is InChI=1S/C59H44N2S/c1-2-57-60-55-31-16-17-32-56(55)61(57)46-39-37-43(38-40-46)42-33-35-44(36-34-42)58-51-27-12-14-29-53(51)59(54-30-15-13-28-52(54)58)45-19-18-26-50(41-45)62(47-20-6-3-7-21-47,48-22-8-4-9-23-48)49-24-10-5-11-25-49/h3-41H,2H2,1H3. The fourth-order valence-electron chi connectivity index (χ4n) is 9.52. The minimum Gasteiger partial charge on any atom is -0.296 e. The highest BCUT2D eigenvalue weighted by molar-refractivity contribution is 8.34. The normalized spacial score (nSPS) is 12.0. The number of para-hydroxylation sites is 2. The Balaban J connectivity index is 1.04. The Labute approximate surface area is 364 Å². The predicted molar refractivity (Wildman–Crippen MR) is 262 cm³/mol. The van der Waals surface area contributed by atoms with Gasteiger partial charge in [0, 0.05) is 31.7 Å². The molecular formula is C59H44N2S. The van der Waals surface area contributed by atoms with E-state index >= 15 is 0 Å². The Bertz CT molecular complexity index is 3200. The molecule has 1 aromatic heterocycles. The molecule has 2 nitrogen and oxygen atoms in total. The molecule has 0 spiro atoms. The number of benzene rings is 10. The number of aromatic nitrogens is 2. The van der Waals surface area contributed by atoms with Crippen LogP contribution in [0, 0.1) is 0 Å². The topological polar surface area (TPSA) is 17.8 Å². The summed E-state index contributed by atoms with van der Waals surface area (Å²) in [5.74, 6) is 1.07. The van der Waals surface area contributed by atoms with E-state index in [-0.39, 0.29) is 0 Å². The molecule has 62 heavy (non-hydrogen) atoms. The first kappa shape index (κ1) is 37.5. The Kier molecular flexibility index (Phi) is 9.60. The van der Waals surface area contributed by atoms with Crippen LogP contribution in [0.15, 0.2) is 256 Å². The van der Waals surface area contributed by atoms with Gasteiger partial charge in [0.05, 0.1) is 11.0 Å². The molecule has 3 heteroatoms. The van der Waals surface area contributed by atoms with Crippen molar-refractivity contribution in [3.8, 4) is 39.1 Å². The molecular weight excluding hydrogens is 769 g/mol. The Morgan fingerprint density at radius 2 is 0.790 bits per heavy atom. The second-order valence-corrected chi connectivity index (χ2v) is 18.9. The van der Waals surface area contributed by atoms with Crippen molar-refractivity contribution in [2.45, 2.75) is 32.9 Å². The van der Waals surface area contributed by atoms with Crippen LogP contribution in [0.3, 0.4) is 0 Å². The van der Waals surface area contributed by atoms with Gasteiger partial charge < -0.3 is 0 Å². The van der Waals surface area contributed by atoms with Crippen molar-refractivity contribution in [1.29, 1.82) is 0 Å². The number of hydrogen-bond acceptors (Lipinski definition) is 1. The van der Waals surface area contributed by atoms with Crippen molar-refractivity contribution in [2.75, 3.05) is 0 Å². The fraction of sp³-hybridized carbons (Fsp3) is 0.0339. The quantitative estimate of drug-likeness (QED) is 0.133. The van der Waals surface area contributed by atoms with Crippen LogP contribution in [0.25, 0.3) is 71.6 Å². The lowest BCUT2D eigenvalue weighted by molar-refractivity contribution is 0.908. The average molecular weight is 813 g/mol. The van der Waals surface area contributed by atoms with E-state index in [9.17, 15) is 0 Å². The van der Waals surface area contributed by atoms with Gasteiger partial charge in [-0.05, 0) is 128 Å². The lowest BCUT2D eigenvalue weighted by Crippen LogP contribution is -2.05. The molecule has 0 amide bonds. The van der Waals surface area contributed by atoms with Crippen LogP contribution in [0.4, 0.5) is 0 Å². The van der Waals surface area contributed by atoms with Gasteiger partial charge in [-0.2, -0.15) is 0 Å². The van der Waals surface area contributed by atoms with Crippen LogP contribution in [0.5, 0.6) is 0 Å². The maximum Gasteiger partial charge on any atom is 0.114 e. The zero-order chi connectivity index (χ0) is 41.5. The molecule has 10 aromatic carbocycles. The Morgan fingerprint density at radius 1 is 0.371 bits per heavy atom. The predicted octanol–water partition coefficient (Wildman–Crippen LogP) is 16.2. The van der Waals surface area contributed by atoms with E-state index in [1.807, 2.05) is 0 Å². The van der Waals surface area contributed by atoms with Crippen LogP contribution >= 0.6 is 10.0 Å². The molecule has 0 fully saturated rings. The van der Waals surface area contributed by atoms with Crippen LogP contribution in [0.2, 0.25) is 0 Å². The summed E-state index contributed by atoms with van der Waals surface area (Å²) in [6.07, 6.45) is 0.868. The Hall–Kier alpha value is -7.46. The number of rotatable bonds is 9. The van der Waals surface area contributed by atoms with E-state index < -0.39 is 10.0 Å². The van der Waals surface area contributed by atoms with Crippen molar-refractivity contribution in [1.82, 2.24) is 9.55 Å². The molecule has 0 radical (unpaired) electrons. The third-order valence-electron chi connectivity index (χ3n) is 12.3. The van der Waals surface area contributed by atoms with Gasteiger partial charge in [0.25, 0.3) is 0 Å². The van der Waals surface area contributed by atoms with Crippen molar-refractivity contribution >= 4 is 42.6 Å². The van der Waals surface area contributed by atoms with Gasteiger partial charge in [-0.25, -0.2) is 4.98 Å². The summed E-state index contributed by atoms with van der Waals surface area (Å²) in [7, 11) is -1.86. The summed E-state index contributed by atoms with van der Waals surface area (Å²) >= 11 is 0. The van der Waals surface area contributed by atoms with Gasteiger partial charge >= 0.3 is 0 Å². The first-order chi connectivity index (χ1) is 30.7. The average Bonchev–Trinajstić information content (AvgIpc) is 3.74. The van der Waals surface area contributed by atoms with E-state index in [1.54, 1.807) is 0 Å². The molecule has 296 valence electrons. The summed E-state index contributed by atoms with van der Waals surface area (Å²) in [4.78, 5) is 10.2. The van der Waals surface area contributed by atoms with E-state index in [0.29, 0.717) is 0 Å². The Morgan fingerprint density at radius 3 is 1.31 bits per heavy atom. The third-order valence-corrected chi connectivity index (χ3v) is 16.2. The lowest BCUT2D eigenvalue weighted by atomic mass is 9.86. The number of hydrogen-bond donors (Lipinski definition) is 0. The molecule has 0 bridgehead atoms. The number of nitrogens with zero attached hydrogens (tertiary/aromatic N) is 2. The highest BCUT2D eigenvalue weighted by atomic mass is 32.3. The fourth-order valence-corrected chi connectivity index (χ4v) is 13.4. The zero-order valence-corrected chi connectivity index (χ0v) is 35.3. The highest BCUT2D eigenvalue weighted by Crippen LogP contribution is 2.73. The molecule has 1 heterocycles. The maximum atomic E-state index is 4.90. The smallest absolute Gasteiger partial charge is 0.114 e. The minimum absolute atomic E-state index is 0.868. The monoisotopic (exact) mass is 812 g/mol. The van der Waals surface area contributed by atoms with Gasteiger partial charge in [0.2, 0.25) is 0 Å². The first-order valence-electron chi connectivity index (χ1n) is 21.4. The second kappa shape index (κ2) is 15.9. The van der Waals surface area contributed by atoms with E-state index in [0.717, 1.165) is 29.0 Å². The van der Waals surface area contributed by atoms with Gasteiger partial charge in [-0.1, -0.05) is 171 Å². The SMILES string of the molecule is CCc1nc2ccccc2n1-c1ccc(-c2ccc(-c3c4ccccc4c(-c4cccc(S(c5ccccc5)(c5ccccc5)c5ccccc5)c4)c4ccccc34)cc2)cc1. The molecule has 11 aromatic rings. The maximum absolute atomic E-state index is 4.90. The zero-order valence-electron chi connectivity index (χ0n) is 34.5. The first-order valence-corrected chi connectivity index (χ1v) is 23.1. The summed E-state index contributed by atoms with van der Waals surface area (Å²) in [5, 5.41) is 4.99. The van der Waals surface area contributed by atoms with Crippen LogP contribution in [0.1, 0.15) is 12.7 Å². The van der Waals surface area contributed by atoms with Crippen molar-refractivity contribution < 1.29 is 0 Å². The van der Waals surface area contributed by atoms with Crippen molar-refractivity contribution in [3.63, 3.8) is 0 Å². The van der Waals surface area contributed by atoms with Crippen LogP contribution in [-0.4, -0.2) is 9.55 Å². The molecule has 0 aliphatic rings. The van der Waals surface area contributed by atoms with Gasteiger partial charge in [0.1, 0.15) is 5.82 Å². The summed E-state index contributed by atoms with van der Waals surface area (Å²) in [5.41, 5.74) is 10.6. The van der Waals surface area contributed by atoms with Gasteiger partial charge in [0.15, 0.2) is 0 Å². The van der Waals surface area contributed by atoms with Crippen molar-refractivity contribution in [2.24, 2.45) is 0 Å². The highest BCUT2D eigenvalue weighted by Gasteiger charge is 2.33. The molecule has 11 rings (SSSR count). The number of fused-ring (bicyclic) bond motifs is 3. The largest absolute Gasteiger partial charge is 0.296 e. The van der Waals surface area contributed by atoms with Crippen LogP contribution < -0.4 is 0 Å². The van der Waals surface area contributed by atoms with E-state index in [2.05, 4.69) is 248 Å². The van der Waals surface area contributed by atoms with Gasteiger partial charge in [-0.15, -0.1) is 10.0 Å². The lowest BCUT2D eigenvalue weighted by Gasteiger charge is -2.42.